The van der Waals surface area contributed by atoms with Crippen molar-refractivity contribution in [2.45, 2.75) is 19.3 Å². The molecule has 0 bridgehead atoms. The average Bonchev–Trinajstić information content (AvgIpc) is 3.54. The van der Waals surface area contributed by atoms with Crippen LogP contribution in [0, 0.1) is 0 Å². The van der Waals surface area contributed by atoms with Crippen molar-refractivity contribution in [3.8, 4) is 78.7 Å². The molecule has 1 aromatic heterocycles. The third-order valence-electron chi connectivity index (χ3n) is 12.1. The highest BCUT2D eigenvalue weighted by molar-refractivity contribution is 6.22. The number of benzene rings is 9. The number of rotatable bonds is 6. The van der Waals surface area contributed by atoms with Crippen LogP contribution >= 0.6 is 0 Å². The van der Waals surface area contributed by atoms with Gasteiger partial charge in [-0.05, 0) is 95.4 Å². The molecule has 0 atom stereocenters. The van der Waals surface area contributed by atoms with E-state index in [1.165, 1.54) is 66.2 Å². The first kappa shape index (κ1) is 34.7. The van der Waals surface area contributed by atoms with Crippen molar-refractivity contribution in [3.05, 3.63) is 211 Å². The van der Waals surface area contributed by atoms with Gasteiger partial charge in [-0.3, -0.25) is 0 Å². The van der Waals surface area contributed by atoms with Crippen LogP contribution in [-0.4, -0.2) is 15.0 Å². The van der Waals surface area contributed by atoms with E-state index in [0.29, 0.717) is 17.5 Å². The Bertz CT molecular complexity index is 3150. The van der Waals surface area contributed by atoms with E-state index in [1.54, 1.807) is 0 Å². The van der Waals surface area contributed by atoms with Crippen molar-refractivity contribution in [2.75, 3.05) is 0 Å². The lowest BCUT2D eigenvalue weighted by Gasteiger charge is -2.22. The summed E-state index contributed by atoms with van der Waals surface area (Å²) in [6.45, 7) is 4.70. The molecule has 0 spiro atoms. The van der Waals surface area contributed by atoms with Crippen LogP contribution in [0.4, 0.5) is 0 Å². The largest absolute Gasteiger partial charge is 0.208 e. The molecular formula is C56H39N3. The van der Waals surface area contributed by atoms with E-state index in [1.807, 2.05) is 36.4 Å². The maximum absolute atomic E-state index is 5.12. The minimum atomic E-state index is -0.0787. The van der Waals surface area contributed by atoms with Gasteiger partial charge in [0, 0.05) is 22.1 Å². The Balaban J connectivity index is 1.16. The highest BCUT2D eigenvalue weighted by atomic mass is 15.0. The van der Waals surface area contributed by atoms with Gasteiger partial charge in [0.25, 0.3) is 0 Å². The van der Waals surface area contributed by atoms with Crippen molar-refractivity contribution in [3.63, 3.8) is 0 Å². The fourth-order valence-electron chi connectivity index (χ4n) is 9.20. The van der Waals surface area contributed by atoms with Crippen LogP contribution in [0.25, 0.3) is 100 Å². The zero-order valence-electron chi connectivity index (χ0n) is 32.9. The summed E-state index contributed by atoms with van der Waals surface area (Å²) >= 11 is 0. The summed E-state index contributed by atoms with van der Waals surface area (Å²) in [6.07, 6.45) is 0. The predicted octanol–water partition coefficient (Wildman–Crippen LogP) is 14.5. The van der Waals surface area contributed by atoms with Gasteiger partial charge in [0.05, 0.1) is 0 Å². The molecule has 0 saturated carbocycles. The summed E-state index contributed by atoms with van der Waals surface area (Å²) in [7, 11) is 0. The molecule has 9 aromatic carbocycles. The first-order chi connectivity index (χ1) is 29.0. The SMILES string of the molecule is CC1(C)c2ccccc2-c2ccc(-c3ccc4c(-c5ccccc5)c5cc(-c6nc(-c7ccccc7)nc(-c7ccccc7)n6)ccc5c(-c5ccccc5)c4c3)cc21. The molecule has 59 heavy (non-hydrogen) atoms. The smallest absolute Gasteiger partial charge is 0.164 e. The molecule has 0 unspecified atom stereocenters. The second-order valence-electron chi connectivity index (χ2n) is 16.0. The Morgan fingerprint density at radius 3 is 1.22 bits per heavy atom. The maximum Gasteiger partial charge on any atom is 0.164 e. The monoisotopic (exact) mass is 753 g/mol. The molecule has 0 amide bonds. The van der Waals surface area contributed by atoms with Crippen molar-refractivity contribution in [1.82, 2.24) is 15.0 Å². The van der Waals surface area contributed by atoms with Crippen molar-refractivity contribution in [2.24, 2.45) is 0 Å². The lowest BCUT2D eigenvalue weighted by Crippen LogP contribution is -2.14. The number of aromatic nitrogens is 3. The predicted molar refractivity (Wildman–Crippen MR) is 245 cm³/mol. The summed E-state index contributed by atoms with van der Waals surface area (Å²) in [4.78, 5) is 15.2. The van der Waals surface area contributed by atoms with E-state index in [0.717, 1.165) is 27.6 Å². The van der Waals surface area contributed by atoms with Crippen LogP contribution in [0.15, 0.2) is 200 Å². The molecule has 3 nitrogen and oxygen atoms in total. The quantitative estimate of drug-likeness (QED) is 0.159. The summed E-state index contributed by atoms with van der Waals surface area (Å²) < 4.78 is 0. The normalized spacial score (nSPS) is 12.7. The molecule has 1 aliphatic carbocycles. The summed E-state index contributed by atoms with van der Waals surface area (Å²) in [5.74, 6) is 1.93. The van der Waals surface area contributed by atoms with Crippen LogP contribution in [0.5, 0.6) is 0 Å². The molecule has 0 radical (unpaired) electrons. The summed E-state index contributed by atoms with van der Waals surface area (Å²) in [5.41, 5.74) is 15.3. The maximum atomic E-state index is 5.12. The van der Waals surface area contributed by atoms with Gasteiger partial charge >= 0.3 is 0 Å². The van der Waals surface area contributed by atoms with E-state index in [9.17, 15) is 0 Å². The van der Waals surface area contributed by atoms with Crippen LogP contribution in [-0.2, 0) is 5.41 Å². The molecule has 1 heterocycles. The Kier molecular flexibility index (Phi) is 8.16. The van der Waals surface area contributed by atoms with Gasteiger partial charge in [0.1, 0.15) is 0 Å². The topological polar surface area (TPSA) is 38.7 Å². The molecule has 11 rings (SSSR count). The van der Waals surface area contributed by atoms with Gasteiger partial charge in [-0.1, -0.05) is 196 Å². The Labute approximate surface area is 344 Å². The van der Waals surface area contributed by atoms with E-state index >= 15 is 0 Å². The Morgan fingerprint density at radius 2 is 0.678 bits per heavy atom. The molecule has 0 aliphatic heterocycles. The standard InChI is InChI=1S/C56H39N3/c1-56(2)49-26-16-15-25-43(49)44-30-27-41(35-50(44)56)40-28-31-45-47(33-40)51(36-17-7-3-8-18-36)46-32-29-42(34-48(46)52(45)37-19-9-4-10-20-37)55-58-53(38-21-11-5-12-22-38)57-54(59-55)39-23-13-6-14-24-39/h3-35H,1-2H3. The van der Waals surface area contributed by atoms with Gasteiger partial charge in [0.2, 0.25) is 0 Å². The van der Waals surface area contributed by atoms with Crippen LogP contribution in [0.2, 0.25) is 0 Å². The van der Waals surface area contributed by atoms with Crippen molar-refractivity contribution in [1.29, 1.82) is 0 Å². The van der Waals surface area contributed by atoms with E-state index < -0.39 is 0 Å². The second kappa shape index (κ2) is 13.9. The molecule has 0 saturated heterocycles. The zero-order chi connectivity index (χ0) is 39.5. The highest BCUT2D eigenvalue weighted by Crippen LogP contribution is 2.50. The number of fused-ring (bicyclic) bond motifs is 5. The number of nitrogens with zero attached hydrogens (tertiary/aromatic N) is 3. The fourth-order valence-corrected chi connectivity index (χ4v) is 9.20. The van der Waals surface area contributed by atoms with Crippen LogP contribution in [0.1, 0.15) is 25.0 Å². The molecule has 3 heteroatoms. The molecular weight excluding hydrogens is 715 g/mol. The minimum absolute atomic E-state index is 0.0787. The van der Waals surface area contributed by atoms with E-state index in [4.69, 9.17) is 15.0 Å². The Morgan fingerprint density at radius 1 is 0.288 bits per heavy atom. The van der Waals surface area contributed by atoms with Gasteiger partial charge in [-0.25, -0.2) is 15.0 Å². The average molecular weight is 754 g/mol. The van der Waals surface area contributed by atoms with Gasteiger partial charge < -0.3 is 0 Å². The molecule has 278 valence electrons. The first-order valence-electron chi connectivity index (χ1n) is 20.3. The van der Waals surface area contributed by atoms with E-state index in [2.05, 4.69) is 178 Å². The molecule has 1 aliphatic rings. The van der Waals surface area contributed by atoms with Gasteiger partial charge in [0.15, 0.2) is 17.5 Å². The third kappa shape index (κ3) is 5.85. The molecule has 10 aromatic rings. The minimum Gasteiger partial charge on any atom is -0.208 e. The number of hydrogen-bond donors (Lipinski definition) is 0. The molecule has 0 N–H and O–H groups in total. The lowest BCUT2D eigenvalue weighted by atomic mass is 9.81. The highest BCUT2D eigenvalue weighted by Gasteiger charge is 2.35. The molecule has 0 fully saturated rings. The van der Waals surface area contributed by atoms with Gasteiger partial charge in [-0.15, -0.1) is 0 Å². The first-order valence-corrected chi connectivity index (χ1v) is 20.3. The second-order valence-corrected chi connectivity index (χ2v) is 16.0. The summed E-state index contributed by atoms with van der Waals surface area (Å²) in [6, 6.07) is 71.7. The number of hydrogen-bond acceptors (Lipinski definition) is 3. The van der Waals surface area contributed by atoms with Crippen LogP contribution < -0.4 is 0 Å². The fraction of sp³-hybridized carbons (Fsp3) is 0.0536. The van der Waals surface area contributed by atoms with E-state index in [-0.39, 0.29) is 5.41 Å². The zero-order valence-corrected chi connectivity index (χ0v) is 32.9. The van der Waals surface area contributed by atoms with Crippen LogP contribution in [0.3, 0.4) is 0 Å². The van der Waals surface area contributed by atoms with Gasteiger partial charge in [-0.2, -0.15) is 0 Å². The van der Waals surface area contributed by atoms with Crippen molar-refractivity contribution >= 4 is 21.5 Å². The lowest BCUT2D eigenvalue weighted by molar-refractivity contribution is 0.660. The third-order valence-corrected chi connectivity index (χ3v) is 12.1. The van der Waals surface area contributed by atoms with Crippen molar-refractivity contribution < 1.29 is 0 Å². The Hall–Kier alpha value is -7.49. The summed E-state index contributed by atoms with van der Waals surface area (Å²) in [5, 5.41) is 4.74.